The number of anilines is 1. The van der Waals surface area contributed by atoms with Crippen molar-refractivity contribution in [1.29, 1.82) is 0 Å². The van der Waals surface area contributed by atoms with E-state index in [1.807, 2.05) is 24.8 Å². The van der Waals surface area contributed by atoms with Gasteiger partial charge in [0, 0.05) is 30.9 Å². The minimum atomic E-state index is -0.407. The molecule has 0 spiro atoms. The third-order valence-corrected chi connectivity index (χ3v) is 3.29. The average Bonchev–Trinajstić information content (AvgIpc) is 2.38. The molecule has 0 saturated carbocycles. The molecule has 0 amide bonds. The van der Waals surface area contributed by atoms with Crippen LogP contribution in [0.15, 0.2) is 18.2 Å². The molecule has 1 fully saturated rings. The Bertz CT molecular complexity index is 482. The number of non-ortho nitro benzene ring substituents is 1. The summed E-state index contributed by atoms with van der Waals surface area (Å²) in [6.07, 6.45) is 1.07. The number of nitro benzene ring substituents is 1. The molecule has 0 radical (unpaired) electrons. The number of ether oxygens (including phenoxy) is 1. The van der Waals surface area contributed by atoms with Crippen molar-refractivity contribution in [2.45, 2.75) is 38.9 Å². The highest BCUT2D eigenvalue weighted by atomic mass is 16.6. The monoisotopic (exact) mass is 280 g/mol. The maximum Gasteiger partial charge on any atom is 0.275 e. The maximum atomic E-state index is 11.0. The van der Waals surface area contributed by atoms with Crippen molar-refractivity contribution in [3.8, 4) is 5.75 Å². The molecular weight excluding hydrogens is 260 g/mol. The standard InChI is InChI=1S/C14H20N2O4/c1-10(2)20-14-8-11(7-12(9-14)16(18)19)15-5-3-13(17)4-6-15/h7-10,13,17H,3-6H2,1-2H3. The van der Waals surface area contributed by atoms with E-state index in [1.165, 1.54) is 6.07 Å². The first-order valence-electron chi connectivity index (χ1n) is 6.85. The molecular formula is C14H20N2O4. The Balaban J connectivity index is 2.26. The van der Waals surface area contributed by atoms with Crippen molar-refractivity contribution >= 4 is 11.4 Å². The van der Waals surface area contributed by atoms with Gasteiger partial charge in [-0.05, 0) is 26.7 Å². The highest BCUT2D eigenvalue weighted by Crippen LogP contribution is 2.30. The van der Waals surface area contributed by atoms with Crippen LogP contribution in [0.5, 0.6) is 5.75 Å². The van der Waals surface area contributed by atoms with Crippen LogP contribution < -0.4 is 9.64 Å². The second-order valence-electron chi connectivity index (χ2n) is 5.33. The van der Waals surface area contributed by atoms with Gasteiger partial charge in [0.25, 0.3) is 5.69 Å². The molecule has 1 aliphatic rings. The van der Waals surface area contributed by atoms with Crippen molar-refractivity contribution in [3.63, 3.8) is 0 Å². The fraction of sp³-hybridized carbons (Fsp3) is 0.571. The molecule has 0 unspecified atom stereocenters. The van der Waals surface area contributed by atoms with Crippen LogP contribution in [0.25, 0.3) is 0 Å². The summed E-state index contributed by atoms with van der Waals surface area (Å²) in [6, 6.07) is 4.83. The molecule has 6 nitrogen and oxygen atoms in total. The fourth-order valence-corrected chi connectivity index (χ4v) is 2.32. The van der Waals surface area contributed by atoms with Crippen LogP contribution in [-0.2, 0) is 0 Å². The first-order chi connectivity index (χ1) is 9.45. The van der Waals surface area contributed by atoms with E-state index in [0.29, 0.717) is 31.7 Å². The van der Waals surface area contributed by atoms with Crippen LogP contribution in [0.3, 0.4) is 0 Å². The molecule has 110 valence electrons. The Hall–Kier alpha value is -1.82. The summed E-state index contributed by atoms with van der Waals surface area (Å²) in [4.78, 5) is 12.7. The van der Waals surface area contributed by atoms with Gasteiger partial charge in [-0.15, -0.1) is 0 Å². The van der Waals surface area contributed by atoms with Gasteiger partial charge in [-0.2, -0.15) is 0 Å². The Morgan fingerprint density at radius 3 is 2.55 bits per heavy atom. The summed E-state index contributed by atoms with van der Waals surface area (Å²) in [7, 11) is 0. The lowest BCUT2D eigenvalue weighted by Gasteiger charge is -2.31. The summed E-state index contributed by atoms with van der Waals surface area (Å²) in [5.41, 5.74) is 0.811. The zero-order valence-corrected chi connectivity index (χ0v) is 11.8. The number of hydrogen-bond acceptors (Lipinski definition) is 5. The van der Waals surface area contributed by atoms with Gasteiger partial charge in [0.15, 0.2) is 0 Å². The number of nitrogens with zero attached hydrogens (tertiary/aromatic N) is 2. The van der Waals surface area contributed by atoms with Crippen molar-refractivity contribution in [3.05, 3.63) is 28.3 Å². The Labute approximate surface area is 118 Å². The number of nitro groups is 1. The van der Waals surface area contributed by atoms with Crippen LogP contribution in [0.4, 0.5) is 11.4 Å². The van der Waals surface area contributed by atoms with E-state index < -0.39 is 4.92 Å². The minimum Gasteiger partial charge on any atom is -0.491 e. The topological polar surface area (TPSA) is 75.8 Å². The van der Waals surface area contributed by atoms with Crippen LogP contribution in [-0.4, -0.2) is 35.3 Å². The predicted molar refractivity (Wildman–Crippen MR) is 76.3 cm³/mol. The van der Waals surface area contributed by atoms with E-state index in [4.69, 9.17) is 4.74 Å². The first kappa shape index (κ1) is 14.6. The van der Waals surface area contributed by atoms with E-state index in [2.05, 4.69) is 0 Å². The number of aliphatic hydroxyl groups is 1. The largest absolute Gasteiger partial charge is 0.491 e. The Morgan fingerprint density at radius 1 is 1.35 bits per heavy atom. The zero-order valence-electron chi connectivity index (χ0n) is 11.8. The van der Waals surface area contributed by atoms with E-state index in [9.17, 15) is 15.2 Å². The fourth-order valence-electron chi connectivity index (χ4n) is 2.32. The lowest BCUT2D eigenvalue weighted by Crippen LogP contribution is -2.35. The van der Waals surface area contributed by atoms with Crippen LogP contribution in [0.2, 0.25) is 0 Å². The summed E-state index contributed by atoms with van der Waals surface area (Å²) in [5.74, 6) is 0.510. The molecule has 1 heterocycles. The summed E-state index contributed by atoms with van der Waals surface area (Å²) in [6.45, 7) is 5.17. The first-order valence-corrected chi connectivity index (χ1v) is 6.85. The Morgan fingerprint density at radius 2 is 2.00 bits per heavy atom. The molecule has 2 rings (SSSR count). The maximum absolute atomic E-state index is 11.0. The summed E-state index contributed by atoms with van der Waals surface area (Å²) in [5, 5.41) is 20.5. The van der Waals surface area contributed by atoms with Gasteiger partial charge >= 0.3 is 0 Å². The second-order valence-corrected chi connectivity index (χ2v) is 5.33. The molecule has 1 aromatic carbocycles. The van der Waals surface area contributed by atoms with Gasteiger partial charge in [0.05, 0.1) is 23.2 Å². The van der Waals surface area contributed by atoms with Gasteiger partial charge in [-0.1, -0.05) is 0 Å². The third kappa shape index (κ3) is 3.60. The van der Waals surface area contributed by atoms with Gasteiger partial charge in [0.1, 0.15) is 5.75 Å². The molecule has 1 N–H and O–H groups in total. The molecule has 0 aromatic heterocycles. The number of aliphatic hydroxyl groups excluding tert-OH is 1. The van der Waals surface area contributed by atoms with E-state index in [-0.39, 0.29) is 17.9 Å². The zero-order chi connectivity index (χ0) is 14.7. The van der Waals surface area contributed by atoms with Crippen molar-refractivity contribution < 1.29 is 14.8 Å². The van der Waals surface area contributed by atoms with Crippen molar-refractivity contribution in [2.24, 2.45) is 0 Å². The molecule has 0 atom stereocenters. The van der Waals surface area contributed by atoms with Crippen LogP contribution in [0.1, 0.15) is 26.7 Å². The SMILES string of the molecule is CC(C)Oc1cc(N2CCC(O)CC2)cc([N+](=O)[O-])c1. The minimum absolute atomic E-state index is 0.0317. The molecule has 0 bridgehead atoms. The number of benzene rings is 1. The van der Waals surface area contributed by atoms with Crippen molar-refractivity contribution in [2.75, 3.05) is 18.0 Å². The van der Waals surface area contributed by atoms with Gasteiger partial charge in [-0.25, -0.2) is 0 Å². The molecule has 6 heteroatoms. The highest BCUT2D eigenvalue weighted by Gasteiger charge is 2.20. The Kier molecular flexibility index (Phi) is 4.44. The van der Waals surface area contributed by atoms with Crippen LogP contribution in [0, 0.1) is 10.1 Å². The van der Waals surface area contributed by atoms with Crippen LogP contribution >= 0.6 is 0 Å². The number of hydrogen-bond donors (Lipinski definition) is 1. The predicted octanol–water partition coefficient (Wildman–Crippen LogP) is 2.34. The van der Waals surface area contributed by atoms with Gasteiger partial charge in [-0.3, -0.25) is 10.1 Å². The number of rotatable bonds is 4. The molecule has 1 saturated heterocycles. The quantitative estimate of drug-likeness (QED) is 0.676. The van der Waals surface area contributed by atoms with Crippen molar-refractivity contribution in [1.82, 2.24) is 0 Å². The summed E-state index contributed by atoms with van der Waals surface area (Å²) >= 11 is 0. The molecule has 20 heavy (non-hydrogen) atoms. The van der Waals surface area contributed by atoms with E-state index in [0.717, 1.165) is 5.69 Å². The third-order valence-electron chi connectivity index (χ3n) is 3.29. The number of piperidine rings is 1. The summed E-state index contributed by atoms with van der Waals surface area (Å²) < 4.78 is 5.58. The lowest BCUT2D eigenvalue weighted by molar-refractivity contribution is -0.384. The highest BCUT2D eigenvalue weighted by molar-refractivity contribution is 5.58. The normalized spacial score (nSPS) is 16.5. The molecule has 1 aliphatic heterocycles. The average molecular weight is 280 g/mol. The van der Waals surface area contributed by atoms with E-state index in [1.54, 1.807) is 6.07 Å². The molecule has 0 aliphatic carbocycles. The van der Waals surface area contributed by atoms with Gasteiger partial charge in [0.2, 0.25) is 0 Å². The lowest BCUT2D eigenvalue weighted by atomic mass is 10.1. The van der Waals surface area contributed by atoms with Gasteiger partial charge < -0.3 is 14.7 Å². The smallest absolute Gasteiger partial charge is 0.275 e. The van der Waals surface area contributed by atoms with E-state index >= 15 is 0 Å². The second kappa shape index (κ2) is 6.09. The molecule has 1 aromatic rings.